The molecule has 1 aliphatic carbocycles. The molecule has 0 spiro atoms. The molecule has 7 heteroatoms. The molecule has 0 saturated heterocycles. The number of hydrogen-bond acceptors (Lipinski definition) is 5. The molecule has 0 aliphatic heterocycles. The summed E-state index contributed by atoms with van der Waals surface area (Å²) in [5.74, 6) is 0.956. The van der Waals surface area contributed by atoms with E-state index in [9.17, 15) is 0 Å². The summed E-state index contributed by atoms with van der Waals surface area (Å²) in [5, 5.41) is 3.37. The monoisotopic (exact) mass is 290 g/mol. The van der Waals surface area contributed by atoms with Gasteiger partial charge in [-0.25, -0.2) is 4.98 Å². The summed E-state index contributed by atoms with van der Waals surface area (Å²) < 4.78 is 1.69. The van der Waals surface area contributed by atoms with Crippen molar-refractivity contribution in [2.24, 2.45) is 0 Å². The lowest BCUT2D eigenvalue weighted by molar-refractivity contribution is 0.850. The van der Waals surface area contributed by atoms with Crippen LogP contribution in [0.2, 0.25) is 5.28 Å². The molecule has 0 saturated carbocycles. The predicted molar refractivity (Wildman–Crippen MR) is 77.0 cm³/mol. The van der Waals surface area contributed by atoms with Crippen LogP contribution >= 0.6 is 11.6 Å². The third kappa shape index (κ3) is 3.14. The van der Waals surface area contributed by atoms with Gasteiger partial charge in [0.2, 0.25) is 17.2 Å². The maximum Gasteiger partial charge on any atom is 0.241 e. The number of allylic oxidation sites excluding steroid dienone is 1. The molecule has 3 rings (SSSR count). The van der Waals surface area contributed by atoms with Crippen molar-refractivity contribution in [1.29, 1.82) is 0 Å². The van der Waals surface area contributed by atoms with Gasteiger partial charge >= 0.3 is 0 Å². The van der Waals surface area contributed by atoms with Gasteiger partial charge in [0.25, 0.3) is 0 Å². The average Bonchev–Trinajstić information content (AvgIpc) is 3.11. The van der Waals surface area contributed by atoms with Gasteiger partial charge < -0.3 is 5.32 Å². The van der Waals surface area contributed by atoms with Gasteiger partial charge in [0.05, 0.1) is 0 Å². The van der Waals surface area contributed by atoms with Crippen LogP contribution < -0.4 is 5.32 Å². The highest BCUT2D eigenvalue weighted by Crippen LogP contribution is 2.20. The van der Waals surface area contributed by atoms with Crippen molar-refractivity contribution in [3.63, 3.8) is 0 Å². The highest BCUT2D eigenvalue weighted by atomic mass is 35.5. The van der Waals surface area contributed by atoms with E-state index in [1.807, 2.05) is 0 Å². The van der Waals surface area contributed by atoms with E-state index in [2.05, 4.69) is 31.3 Å². The lowest BCUT2D eigenvalue weighted by atomic mass is 10.2. The van der Waals surface area contributed by atoms with E-state index in [1.54, 1.807) is 23.3 Å². The minimum Gasteiger partial charge on any atom is -0.354 e. The summed E-state index contributed by atoms with van der Waals surface area (Å²) in [6.45, 7) is 0.801. The zero-order chi connectivity index (χ0) is 13.8. The predicted octanol–water partition coefficient (Wildman–Crippen LogP) is 2.62. The molecule has 2 aromatic heterocycles. The topological polar surface area (TPSA) is 68.5 Å². The summed E-state index contributed by atoms with van der Waals surface area (Å²) in [5.41, 5.74) is 1.51. The Kier molecular flexibility index (Phi) is 3.92. The van der Waals surface area contributed by atoms with Gasteiger partial charge in [-0.05, 0) is 37.3 Å². The molecule has 0 bridgehead atoms. The number of nitrogens with zero attached hydrogens (tertiary/aromatic N) is 5. The van der Waals surface area contributed by atoms with E-state index in [4.69, 9.17) is 11.6 Å². The molecular weight excluding hydrogens is 276 g/mol. The van der Waals surface area contributed by atoms with Crippen LogP contribution in [0.5, 0.6) is 0 Å². The molecule has 0 radical (unpaired) electrons. The second kappa shape index (κ2) is 6.00. The third-order valence-electron chi connectivity index (χ3n) is 3.20. The van der Waals surface area contributed by atoms with Gasteiger partial charge in [0.1, 0.15) is 6.33 Å². The Balaban J connectivity index is 1.67. The average molecular weight is 291 g/mol. The normalized spacial score (nSPS) is 14.3. The number of nitrogens with one attached hydrogen (secondary N) is 1. The molecule has 2 aromatic rings. The van der Waals surface area contributed by atoms with E-state index >= 15 is 0 Å². The Bertz CT molecular complexity index is 607. The first-order valence-corrected chi connectivity index (χ1v) is 7.01. The van der Waals surface area contributed by atoms with E-state index < -0.39 is 0 Å². The number of imidazole rings is 1. The van der Waals surface area contributed by atoms with Crippen LogP contribution in [0.25, 0.3) is 5.95 Å². The molecule has 0 atom stereocenters. The fourth-order valence-corrected chi connectivity index (χ4v) is 2.37. The number of rotatable bonds is 5. The van der Waals surface area contributed by atoms with Gasteiger partial charge in [-0.15, -0.1) is 0 Å². The molecule has 0 amide bonds. The number of aromatic nitrogens is 5. The molecular formula is C13H15ClN6. The van der Waals surface area contributed by atoms with Crippen LogP contribution in [0.3, 0.4) is 0 Å². The highest BCUT2D eigenvalue weighted by molar-refractivity contribution is 6.28. The van der Waals surface area contributed by atoms with Crippen molar-refractivity contribution in [1.82, 2.24) is 24.5 Å². The number of halogens is 1. The summed E-state index contributed by atoms with van der Waals surface area (Å²) >= 11 is 5.93. The van der Waals surface area contributed by atoms with Crippen LogP contribution in [0.4, 0.5) is 5.95 Å². The number of hydrogen-bond donors (Lipinski definition) is 1. The fourth-order valence-electron chi connectivity index (χ4n) is 2.21. The summed E-state index contributed by atoms with van der Waals surface area (Å²) in [6, 6.07) is 0. The zero-order valence-corrected chi connectivity index (χ0v) is 11.7. The van der Waals surface area contributed by atoms with Crippen molar-refractivity contribution in [2.45, 2.75) is 25.7 Å². The maximum atomic E-state index is 5.93. The molecule has 6 nitrogen and oxygen atoms in total. The van der Waals surface area contributed by atoms with Crippen LogP contribution in [0, 0.1) is 0 Å². The Hall–Kier alpha value is -1.95. The molecule has 0 fully saturated rings. The molecule has 104 valence electrons. The van der Waals surface area contributed by atoms with E-state index in [0.29, 0.717) is 11.9 Å². The summed E-state index contributed by atoms with van der Waals surface area (Å²) in [7, 11) is 0. The minimum absolute atomic E-state index is 0.172. The summed E-state index contributed by atoms with van der Waals surface area (Å²) in [6.07, 6.45) is 12.1. The van der Waals surface area contributed by atoms with E-state index in [1.165, 1.54) is 24.8 Å². The Morgan fingerprint density at radius 1 is 1.30 bits per heavy atom. The molecule has 0 unspecified atom stereocenters. The van der Waals surface area contributed by atoms with E-state index in [-0.39, 0.29) is 5.28 Å². The number of anilines is 1. The Labute approximate surface area is 121 Å². The van der Waals surface area contributed by atoms with Crippen molar-refractivity contribution < 1.29 is 0 Å². The Morgan fingerprint density at radius 3 is 3.00 bits per heavy atom. The Morgan fingerprint density at radius 2 is 2.25 bits per heavy atom. The van der Waals surface area contributed by atoms with Crippen molar-refractivity contribution in [3.05, 3.63) is 35.7 Å². The van der Waals surface area contributed by atoms with Crippen LogP contribution in [-0.2, 0) is 0 Å². The maximum absolute atomic E-state index is 5.93. The van der Waals surface area contributed by atoms with Gasteiger partial charge in [-0.3, -0.25) is 4.57 Å². The van der Waals surface area contributed by atoms with Crippen LogP contribution in [0.15, 0.2) is 30.4 Å². The SMILES string of the molecule is Clc1nc(NCCC2=CCCC2)nc(-n2ccnc2)n1. The second-order valence-corrected chi connectivity index (χ2v) is 4.97. The first kappa shape index (κ1) is 13.1. The zero-order valence-electron chi connectivity index (χ0n) is 11.0. The standard InChI is InChI=1S/C13H15ClN6/c14-11-17-12(16-6-5-10-3-1-2-4-10)19-13(18-11)20-8-7-15-9-20/h3,7-9H,1-2,4-6H2,(H,16,17,18,19). The summed E-state index contributed by atoms with van der Waals surface area (Å²) in [4.78, 5) is 16.5. The molecule has 20 heavy (non-hydrogen) atoms. The lowest BCUT2D eigenvalue weighted by Gasteiger charge is -2.07. The first-order valence-electron chi connectivity index (χ1n) is 6.63. The van der Waals surface area contributed by atoms with Crippen molar-refractivity contribution in [2.75, 3.05) is 11.9 Å². The highest BCUT2D eigenvalue weighted by Gasteiger charge is 2.08. The second-order valence-electron chi connectivity index (χ2n) is 4.63. The molecule has 1 aliphatic rings. The lowest BCUT2D eigenvalue weighted by Crippen LogP contribution is -2.09. The quantitative estimate of drug-likeness (QED) is 0.857. The van der Waals surface area contributed by atoms with Crippen LogP contribution in [0.1, 0.15) is 25.7 Å². The van der Waals surface area contributed by atoms with Gasteiger partial charge in [0.15, 0.2) is 0 Å². The first-order chi connectivity index (χ1) is 9.81. The van der Waals surface area contributed by atoms with Crippen molar-refractivity contribution in [3.8, 4) is 5.95 Å². The fraction of sp³-hybridized carbons (Fsp3) is 0.385. The third-order valence-corrected chi connectivity index (χ3v) is 3.36. The van der Waals surface area contributed by atoms with Gasteiger partial charge in [-0.2, -0.15) is 15.0 Å². The van der Waals surface area contributed by atoms with E-state index in [0.717, 1.165) is 13.0 Å². The van der Waals surface area contributed by atoms with Gasteiger partial charge in [0, 0.05) is 18.9 Å². The molecule has 2 heterocycles. The largest absolute Gasteiger partial charge is 0.354 e. The van der Waals surface area contributed by atoms with Crippen molar-refractivity contribution >= 4 is 17.5 Å². The minimum atomic E-state index is 0.172. The van der Waals surface area contributed by atoms with Crippen LogP contribution in [-0.4, -0.2) is 31.0 Å². The molecule has 0 aromatic carbocycles. The smallest absolute Gasteiger partial charge is 0.241 e. The van der Waals surface area contributed by atoms with Gasteiger partial charge in [-0.1, -0.05) is 11.6 Å². The molecule has 1 N–H and O–H groups in total.